The molecule has 2 saturated heterocycles. The molecule has 2 heterocycles. The second-order valence-electron chi connectivity index (χ2n) is 7.58. The number of guanidine groups is 1. The van der Waals surface area contributed by atoms with Crippen LogP contribution in [-0.2, 0) is 9.53 Å². The monoisotopic (exact) mass is 495 g/mol. The first-order valence-corrected chi connectivity index (χ1v) is 10.2. The Bertz CT molecular complexity index is 447. The van der Waals surface area contributed by atoms with Gasteiger partial charge in [-0.1, -0.05) is 6.92 Å². The molecular weight excluding hydrogens is 457 g/mol. The van der Waals surface area contributed by atoms with Crippen molar-refractivity contribution in [1.82, 2.24) is 20.4 Å². The highest BCUT2D eigenvalue weighted by Crippen LogP contribution is 2.12. The third-order valence-corrected chi connectivity index (χ3v) is 5.11. The van der Waals surface area contributed by atoms with Gasteiger partial charge >= 0.3 is 0 Å². The molecular formula is C19H38IN5O2. The molecule has 0 saturated carbocycles. The molecule has 158 valence electrons. The zero-order valence-electron chi connectivity index (χ0n) is 17.2. The van der Waals surface area contributed by atoms with Gasteiger partial charge in [0.1, 0.15) is 6.54 Å². The summed E-state index contributed by atoms with van der Waals surface area (Å²) in [4.78, 5) is 20.5. The SMILES string of the molecule is CCCN1CCC(NC(=NCC(=O)N(C)C)NCC2CCCCO2)CC1.I. The van der Waals surface area contributed by atoms with Crippen molar-refractivity contribution in [3.63, 3.8) is 0 Å². The summed E-state index contributed by atoms with van der Waals surface area (Å²) < 4.78 is 5.80. The Hall–Kier alpha value is -0.610. The highest BCUT2D eigenvalue weighted by molar-refractivity contribution is 14.0. The minimum absolute atomic E-state index is 0. The molecule has 2 aliphatic heterocycles. The van der Waals surface area contributed by atoms with Gasteiger partial charge in [-0.3, -0.25) is 4.79 Å². The molecule has 1 amide bonds. The Labute approximate surface area is 181 Å². The number of ether oxygens (including phenoxy) is 1. The molecule has 27 heavy (non-hydrogen) atoms. The minimum atomic E-state index is 0. The number of hydrogen-bond donors (Lipinski definition) is 2. The molecule has 0 aliphatic carbocycles. The number of carbonyl (C=O) groups excluding carboxylic acids is 1. The van der Waals surface area contributed by atoms with E-state index in [1.165, 1.54) is 19.4 Å². The molecule has 8 heteroatoms. The molecule has 2 rings (SSSR count). The predicted octanol–water partition coefficient (Wildman–Crippen LogP) is 1.67. The van der Waals surface area contributed by atoms with E-state index in [4.69, 9.17) is 4.74 Å². The highest BCUT2D eigenvalue weighted by Gasteiger charge is 2.20. The summed E-state index contributed by atoms with van der Waals surface area (Å²) in [7, 11) is 3.52. The molecule has 2 fully saturated rings. The van der Waals surface area contributed by atoms with E-state index in [0.29, 0.717) is 6.04 Å². The van der Waals surface area contributed by atoms with Crippen molar-refractivity contribution in [2.75, 3.05) is 53.4 Å². The topological polar surface area (TPSA) is 69.2 Å². The van der Waals surface area contributed by atoms with Crippen molar-refractivity contribution in [2.45, 2.75) is 57.6 Å². The first-order chi connectivity index (χ1) is 12.6. The van der Waals surface area contributed by atoms with Crippen LogP contribution in [0.4, 0.5) is 0 Å². The lowest BCUT2D eigenvalue weighted by Crippen LogP contribution is -2.50. The molecule has 0 aromatic heterocycles. The predicted molar refractivity (Wildman–Crippen MR) is 121 cm³/mol. The van der Waals surface area contributed by atoms with E-state index < -0.39 is 0 Å². The van der Waals surface area contributed by atoms with E-state index in [1.54, 1.807) is 19.0 Å². The molecule has 2 N–H and O–H groups in total. The summed E-state index contributed by atoms with van der Waals surface area (Å²) in [5, 5.41) is 6.94. The maximum absolute atomic E-state index is 11.9. The van der Waals surface area contributed by atoms with Crippen LogP contribution in [0.2, 0.25) is 0 Å². The van der Waals surface area contributed by atoms with Crippen LogP contribution in [0.1, 0.15) is 45.4 Å². The Morgan fingerprint density at radius 3 is 2.56 bits per heavy atom. The van der Waals surface area contributed by atoms with Crippen LogP contribution >= 0.6 is 24.0 Å². The summed E-state index contributed by atoms with van der Waals surface area (Å²) in [6, 6.07) is 0.413. The summed E-state index contributed by atoms with van der Waals surface area (Å²) in [6.45, 7) is 7.43. The van der Waals surface area contributed by atoms with Gasteiger partial charge in [0, 0.05) is 46.4 Å². The van der Waals surface area contributed by atoms with Gasteiger partial charge in [0.15, 0.2) is 5.96 Å². The molecule has 0 spiro atoms. The summed E-state index contributed by atoms with van der Waals surface area (Å²) in [5.74, 6) is 0.751. The quantitative estimate of drug-likeness (QED) is 0.320. The number of amides is 1. The molecule has 2 aliphatic rings. The number of likely N-dealkylation sites (tertiary alicyclic amines) is 1. The van der Waals surface area contributed by atoms with Gasteiger partial charge in [0.25, 0.3) is 0 Å². The van der Waals surface area contributed by atoms with Gasteiger partial charge in [0.2, 0.25) is 5.91 Å². The normalized spacial score (nSPS) is 22.0. The molecule has 1 unspecified atom stereocenters. The Kier molecular flexibility index (Phi) is 12.3. The van der Waals surface area contributed by atoms with Crippen LogP contribution in [0.5, 0.6) is 0 Å². The van der Waals surface area contributed by atoms with Crippen LogP contribution in [0, 0.1) is 0 Å². The first kappa shape index (κ1) is 24.4. The Morgan fingerprint density at radius 1 is 1.22 bits per heavy atom. The fourth-order valence-corrected chi connectivity index (χ4v) is 3.43. The van der Waals surface area contributed by atoms with E-state index in [-0.39, 0.29) is 42.5 Å². The zero-order valence-corrected chi connectivity index (χ0v) is 19.5. The van der Waals surface area contributed by atoms with Crippen molar-refractivity contribution in [1.29, 1.82) is 0 Å². The first-order valence-electron chi connectivity index (χ1n) is 10.2. The lowest BCUT2D eigenvalue weighted by atomic mass is 10.1. The molecule has 7 nitrogen and oxygen atoms in total. The van der Waals surface area contributed by atoms with Crippen LogP contribution in [0.25, 0.3) is 0 Å². The maximum Gasteiger partial charge on any atom is 0.243 e. The average Bonchev–Trinajstić information content (AvgIpc) is 2.66. The van der Waals surface area contributed by atoms with Gasteiger partial charge in [-0.2, -0.15) is 0 Å². The molecule has 0 aromatic rings. The number of carbonyl (C=O) groups is 1. The smallest absolute Gasteiger partial charge is 0.243 e. The van der Waals surface area contributed by atoms with Crippen LogP contribution in [0.15, 0.2) is 4.99 Å². The van der Waals surface area contributed by atoms with Crippen LogP contribution in [-0.4, -0.2) is 87.2 Å². The Morgan fingerprint density at radius 2 is 1.96 bits per heavy atom. The van der Waals surface area contributed by atoms with E-state index >= 15 is 0 Å². The largest absolute Gasteiger partial charge is 0.376 e. The van der Waals surface area contributed by atoms with Crippen molar-refractivity contribution >= 4 is 35.8 Å². The van der Waals surface area contributed by atoms with E-state index in [2.05, 4.69) is 27.4 Å². The third-order valence-electron chi connectivity index (χ3n) is 5.11. The molecule has 0 aromatic carbocycles. The zero-order chi connectivity index (χ0) is 18.8. The van der Waals surface area contributed by atoms with Gasteiger partial charge in [0.05, 0.1) is 6.10 Å². The molecule has 0 radical (unpaired) electrons. The van der Waals surface area contributed by atoms with Crippen LogP contribution < -0.4 is 10.6 Å². The van der Waals surface area contributed by atoms with Gasteiger partial charge in [-0.25, -0.2) is 4.99 Å². The molecule has 0 bridgehead atoms. The van der Waals surface area contributed by atoms with Crippen molar-refractivity contribution in [3.05, 3.63) is 0 Å². The Balaban J connectivity index is 0.00000364. The van der Waals surface area contributed by atoms with Crippen molar-refractivity contribution in [3.8, 4) is 0 Å². The second kappa shape index (κ2) is 13.5. The highest BCUT2D eigenvalue weighted by atomic mass is 127. The standard InChI is InChI=1S/C19H37N5O2.HI/c1-4-10-24-11-8-16(9-12-24)22-19(21-15-18(25)23(2)3)20-14-17-7-5-6-13-26-17;/h16-17H,4-15H2,1-3H3,(H2,20,21,22);1H. The number of piperidine rings is 1. The number of likely N-dealkylation sites (N-methyl/N-ethyl adjacent to an activating group) is 1. The number of nitrogens with zero attached hydrogens (tertiary/aromatic N) is 3. The lowest BCUT2D eigenvalue weighted by molar-refractivity contribution is -0.127. The minimum Gasteiger partial charge on any atom is -0.376 e. The van der Waals surface area contributed by atoms with E-state index in [9.17, 15) is 4.79 Å². The summed E-state index contributed by atoms with van der Waals surface area (Å²) in [6.07, 6.45) is 7.15. The third kappa shape index (κ3) is 9.43. The van der Waals surface area contributed by atoms with Gasteiger partial charge in [-0.15, -0.1) is 24.0 Å². The number of halogens is 1. The lowest BCUT2D eigenvalue weighted by Gasteiger charge is -2.33. The second-order valence-corrected chi connectivity index (χ2v) is 7.58. The number of rotatable bonds is 7. The van der Waals surface area contributed by atoms with E-state index in [0.717, 1.165) is 57.9 Å². The summed E-state index contributed by atoms with van der Waals surface area (Å²) >= 11 is 0. The number of nitrogens with one attached hydrogen (secondary N) is 2. The fourth-order valence-electron chi connectivity index (χ4n) is 3.43. The maximum atomic E-state index is 11.9. The van der Waals surface area contributed by atoms with Gasteiger partial charge in [-0.05, 0) is 45.1 Å². The van der Waals surface area contributed by atoms with Crippen LogP contribution in [0.3, 0.4) is 0 Å². The van der Waals surface area contributed by atoms with E-state index in [1.807, 2.05) is 0 Å². The van der Waals surface area contributed by atoms with Gasteiger partial charge < -0.3 is 25.2 Å². The average molecular weight is 495 g/mol. The molecule has 1 atom stereocenters. The summed E-state index contributed by atoms with van der Waals surface area (Å²) in [5.41, 5.74) is 0. The fraction of sp³-hybridized carbons (Fsp3) is 0.895. The number of aliphatic imine (C=N–C) groups is 1. The number of hydrogen-bond acceptors (Lipinski definition) is 4. The van der Waals surface area contributed by atoms with Crippen molar-refractivity contribution in [2.24, 2.45) is 4.99 Å². The van der Waals surface area contributed by atoms with Crippen molar-refractivity contribution < 1.29 is 9.53 Å².